The molecular formula is C23H21F3. The Bertz CT molecular complexity index is 930. The van der Waals surface area contributed by atoms with Crippen LogP contribution in [0.5, 0.6) is 0 Å². The fourth-order valence-corrected chi connectivity index (χ4v) is 4.01. The highest BCUT2D eigenvalue weighted by Gasteiger charge is 2.20. The Morgan fingerprint density at radius 3 is 2.00 bits per heavy atom. The molecule has 0 N–H and O–H groups in total. The monoisotopic (exact) mass is 354 g/mol. The maximum Gasteiger partial charge on any atom is 0.194 e. The number of hydrogen-bond acceptors (Lipinski definition) is 0. The van der Waals surface area contributed by atoms with Gasteiger partial charge in [0.15, 0.2) is 17.5 Å². The first kappa shape index (κ1) is 17.1. The van der Waals surface area contributed by atoms with E-state index < -0.39 is 17.5 Å². The molecule has 0 spiro atoms. The number of rotatable bonds is 2. The molecule has 0 unspecified atom stereocenters. The molecule has 0 bridgehead atoms. The van der Waals surface area contributed by atoms with E-state index in [9.17, 15) is 13.2 Å². The van der Waals surface area contributed by atoms with Crippen LogP contribution in [0.4, 0.5) is 13.2 Å². The van der Waals surface area contributed by atoms with Crippen LogP contribution in [-0.4, -0.2) is 0 Å². The van der Waals surface area contributed by atoms with Gasteiger partial charge in [0, 0.05) is 0 Å². The first-order chi connectivity index (χ1) is 12.5. The van der Waals surface area contributed by atoms with Gasteiger partial charge in [-0.05, 0) is 70.3 Å². The molecule has 26 heavy (non-hydrogen) atoms. The summed E-state index contributed by atoms with van der Waals surface area (Å²) < 4.78 is 40.2. The third-order valence-electron chi connectivity index (χ3n) is 5.67. The van der Waals surface area contributed by atoms with Crippen LogP contribution in [0.15, 0.2) is 48.5 Å². The molecule has 0 aliphatic heterocycles. The normalized spacial score (nSPS) is 20.5. The molecule has 3 aromatic carbocycles. The lowest BCUT2D eigenvalue weighted by Gasteiger charge is -2.26. The summed E-state index contributed by atoms with van der Waals surface area (Å²) >= 11 is 0. The van der Waals surface area contributed by atoms with Crippen molar-refractivity contribution in [2.45, 2.75) is 38.5 Å². The molecule has 0 radical (unpaired) electrons. The summed E-state index contributed by atoms with van der Waals surface area (Å²) in [5.41, 5.74) is 2.39. The molecule has 134 valence electrons. The molecule has 0 aromatic heterocycles. The van der Waals surface area contributed by atoms with Crippen molar-refractivity contribution in [1.29, 1.82) is 0 Å². The molecular weight excluding hydrogens is 333 g/mol. The first-order valence-electron chi connectivity index (χ1n) is 9.20. The number of fused-ring (bicyclic) bond motifs is 1. The average Bonchev–Trinajstić information content (AvgIpc) is 2.65. The second-order valence-corrected chi connectivity index (χ2v) is 7.53. The number of halogens is 3. The molecule has 3 aromatic rings. The van der Waals surface area contributed by atoms with Gasteiger partial charge in [-0.25, -0.2) is 13.2 Å². The lowest BCUT2D eigenvalue weighted by atomic mass is 9.79. The van der Waals surface area contributed by atoms with Crippen molar-refractivity contribution in [2.24, 2.45) is 5.92 Å². The van der Waals surface area contributed by atoms with E-state index in [0.717, 1.165) is 28.8 Å². The van der Waals surface area contributed by atoms with Crippen LogP contribution in [0.25, 0.3) is 21.9 Å². The standard InChI is InChI=1S/C23H21F3/c1-14-2-4-15(5-3-14)16-6-7-18-11-19(9-8-17(18)10-16)20-12-21(24)23(26)22(25)13-20/h6-15H,2-5H2,1H3. The van der Waals surface area contributed by atoms with Crippen molar-refractivity contribution in [1.82, 2.24) is 0 Å². The van der Waals surface area contributed by atoms with Gasteiger partial charge in [-0.15, -0.1) is 0 Å². The van der Waals surface area contributed by atoms with Crippen LogP contribution in [0.2, 0.25) is 0 Å². The van der Waals surface area contributed by atoms with E-state index in [0.29, 0.717) is 17.0 Å². The van der Waals surface area contributed by atoms with Crippen molar-refractivity contribution in [2.75, 3.05) is 0 Å². The van der Waals surface area contributed by atoms with Crippen molar-refractivity contribution in [3.05, 3.63) is 71.5 Å². The Labute approximate surface area is 151 Å². The van der Waals surface area contributed by atoms with Gasteiger partial charge in [-0.2, -0.15) is 0 Å². The number of benzene rings is 3. The molecule has 4 rings (SSSR count). The van der Waals surface area contributed by atoms with Gasteiger partial charge in [-0.3, -0.25) is 0 Å². The smallest absolute Gasteiger partial charge is 0.194 e. The summed E-state index contributed by atoms with van der Waals surface area (Å²) in [4.78, 5) is 0. The fourth-order valence-electron chi connectivity index (χ4n) is 4.01. The summed E-state index contributed by atoms with van der Waals surface area (Å²) in [5, 5.41) is 2.13. The molecule has 0 heterocycles. The molecule has 1 fully saturated rings. The molecule has 0 atom stereocenters. The predicted octanol–water partition coefficient (Wildman–Crippen LogP) is 7.22. The van der Waals surface area contributed by atoms with Crippen LogP contribution < -0.4 is 0 Å². The zero-order chi connectivity index (χ0) is 18.3. The second-order valence-electron chi connectivity index (χ2n) is 7.53. The minimum atomic E-state index is -1.43. The topological polar surface area (TPSA) is 0 Å². The Hall–Kier alpha value is -2.29. The van der Waals surface area contributed by atoms with E-state index in [1.165, 1.54) is 31.2 Å². The second kappa shape index (κ2) is 6.79. The zero-order valence-corrected chi connectivity index (χ0v) is 14.7. The van der Waals surface area contributed by atoms with Crippen molar-refractivity contribution in [3.63, 3.8) is 0 Å². The van der Waals surface area contributed by atoms with Gasteiger partial charge in [0.2, 0.25) is 0 Å². The maximum absolute atomic E-state index is 13.5. The first-order valence-corrected chi connectivity index (χ1v) is 9.20. The highest BCUT2D eigenvalue weighted by atomic mass is 19.2. The third-order valence-corrected chi connectivity index (χ3v) is 5.67. The van der Waals surface area contributed by atoms with E-state index in [1.54, 1.807) is 0 Å². The summed E-state index contributed by atoms with van der Waals surface area (Å²) in [6, 6.07) is 14.2. The van der Waals surface area contributed by atoms with Crippen molar-refractivity contribution >= 4 is 10.8 Å². The van der Waals surface area contributed by atoms with E-state index >= 15 is 0 Å². The van der Waals surface area contributed by atoms with Gasteiger partial charge in [0.05, 0.1) is 0 Å². The van der Waals surface area contributed by atoms with E-state index in [2.05, 4.69) is 25.1 Å². The highest BCUT2D eigenvalue weighted by Crippen LogP contribution is 2.37. The maximum atomic E-state index is 13.5. The van der Waals surface area contributed by atoms with Gasteiger partial charge in [0.25, 0.3) is 0 Å². The van der Waals surface area contributed by atoms with Crippen LogP contribution in [0, 0.1) is 23.4 Å². The minimum Gasteiger partial charge on any atom is -0.204 e. The molecule has 3 heteroatoms. The summed E-state index contributed by atoms with van der Waals surface area (Å²) in [5.74, 6) is -2.31. The zero-order valence-electron chi connectivity index (χ0n) is 14.7. The molecule has 1 aliphatic rings. The number of hydrogen-bond donors (Lipinski definition) is 0. The van der Waals surface area contributed by atoms with E-state index in [4.69, 9.17) is 0 Å². The van der Waals surface area contributed by atoms with Crippen molar-refractivity contribution in [3.8, 4) is 11.1 Å². The Kier molecular flexibility index (Phi) is 4.47. The van der Waals surface area contributed by atoms with Crippen LogP contribution >= 0.6 is 0 Å². The lowest BCUT2D eigenvalue weighted by Crippen LogP contribution is -2.10. The lowest BCUT2D eigenvalue weighted by molar-refractivity contribution is 0.348. The molecule has 1 saturated carbocycles. The summed E-state index contributed by atoms with van der Waals surface area (Å²) in [6.45, 7) is 2.32. The van der Waals surface area contributed by atoms with Crippen molar-refractivity contribution < 1.29 is 13.2 Å². The van der Waals surface area contributed by atoms with Gasteiger partial charge in [-0.1, -0.05) is 50.1 Å². The third kappa shape index (κ3) is 3.23. The molecule has 1 aliphatic carbocycles. The van der Waals surface area contributed by atoms with E-state index in [1.807, 2.05) is 18.2 Å². The fraction of sp³-hybridized carbons (Fsp3) is 0.304. The molecule has 0 nitrogen and oxygen atoms in total. The van der Waals surface area contributed by atoms with Crippen LogP contribution in [0.3, 0.4) is 0 Å². The molecule has 0 saturated heterocycles. The molecule has 0 amide bonds. The van der Waals surface area contributed by atoms with Gasteiger partial charge >= 0.3 is 0 Å². The Morgan fingerprint density at radius 1 is 0.692 bits per heavy atom. The quantitative estimate of drug-likeness (QED) is 0.426. The summed E-state index contributed by atoms with van der Waals surface area (Å²) in [6.07, 6.45) is 5.03. The largest absolute Gasteiger partial charge is 0.204 e. The van der Waals surface area contributed by atoms with E-state index in [-0.39, 0.29) is 0 Å². The average molecular weight is 354 g/mol. The SMILES string of the molecule is CC1CCC(c2ccc3cc(-c4cc(F)c(F)c(F)c4)ccc3c2)CC1. The highest BCUT2D eigenvalue weighted by molar-refractivity contribution is 5.88. The predicted molar refractivity (Wildman–Crippen MR) is 99.6 cm³/mol. The summed E-state index contributed by atoms with van der Waals surface area (Å²) in [7, 11) is 0. The Morgan fingerprint density at radius 2 is 1.31 bits per heavy atom. The minimum absolute atomic E-state index is 0.341. The Balaban J connectivity index is 1.67. The van der Waals surface area contributed by atoms with Gasteiger partial charge in [0.1, 0.15) is 0 Å². The van der Waals surface area contributed by atoms with Crippen LogP contribution in [-0.2, 0) is 0 Å². The van der Waals surface area contributed by atoms with Gasteiger partial charge < -0.3 is 0 Å². The van der Waals surface area contributed by atoms with Crippen LogP contribution in [0.1, 0.15) is 44.1 Å².